The number of likely N-dealkylation sites (N-methyl/N-ethyl adjacent to an activating group) is 1. The summed E-state index contributed by atoms with van der Waals surface area (Å²) >= 11 is 0. The SMILES string of the molecule is CCN1CCN(CC(=O)N2N=C(c3ccc(C)c(C)c3)C[C@@H]2c2cc(OC)ccc2OC)CC1. The summed E-state index contributed by atoms with van der Waals surface area (Å²) in [4.78, 5) is 18.2. The number of hydrogen-bond acceptors (Lipinski definition) is 6. The molecule has 0 radical (unpaired) electrons. The highest BCUT2D eigenvalue weighted by molar-refractivity contribution is 6.03. The lowest BCUT2D eigenvalue weighted by molar-refractivity contribution is -0.134. The number of aryl methyl sites for hydroxylation is 2. The number of piperazine rings is 1. The Morgan fingerprint density at radius 3 is 2.35 bits per heavy atom. The third-order valence-electron chi connectivity index (χ3n) is 7.07. The summed E-state index contributed by atoms with van der Waals surface area (Å²) in [6.07, 6.45) is 0.626. The molecule has 1 saturated heterocycles. The molecule has 0 bridgehead atoms. The highest BCUT2D eigenvalue weighted by Crippen LogP contribution is 2.39. The Morgan fingerprint density at radius 2 is 1.71 bits per heavy atom. The van der Waals surface area contributed by atoms with E-state index >= 15 is 0 Å². The van der Waals surface area contributed by atoms with Crippen LogP contribution < -0.4 is 9.47 Å². The molecule has 2 aromatic rings. The molecule has 7 heteroatoms. The first-order chi connectivity index (χ1) is 16.4. The Bertz CT molecular complexity index is 1060. The second-order valence-electron chi connectivity index (χ2n) is 9.12. The van der Waals surface area contributed by atoms with Crippen LogP contribution in [0.1, 0.15) is 41.6 Å². The van der Waals surface area contributed by atoms with E-state index in [1.54, 1.807) is 19.2 Å². The van der Waals surface area contributed by atoms with Crippen molar-refractivity contribution in [2.45, 2.75) is 33.2 Å². The minimum absolute atomic E-state index is 0.0126. The maximum absolute atomic E-state index is 13.6. The summed E-state index contributed by atoms with van der Waals surface area (Å²) in [7, 11) is 3.31. The van der Waals surface area contributed by atoms with Crippen LogP contribution in [0.3, 0.4) is 0 Å². The van der Waals surface area contributed by atoms with Crippen LogP contribution in [-0.4, -0.2) is 79.9 Å². The predicted molar refractivity (Wildman–Crippen MR) is 135 cm³/mol. The highest BCUT2D eigenvalue weighted by atomic mass is 16.5. The molecule has 2 heterocycles. The molecule has 0 unspecified atom stereocenters. The molecule has 34 heavy (non-hydrogen) atoms. The van der Waals surface area contributed by atoms with Gasteiger partial charge in [0.05, 0.1) is 32.5 Å². The van der Waals surface area contributed by atoms with Crippen LogP contribution in [0.25, 0.3) is 0 Å². The first-order valence-corrected chi connectivity index (χ1v) is 12.1. The number of benzene rings is 2. The van der Waals surface area contributed by atoms with Gasteiger partial charge in [-0.05, 0) is 61.3 Å². The second-order valence-corrected chi connectivity index (χ2v) is 9.12. The zero-order valence-electron chi connectivity index (χ0n) is 21.0. The van der Waals surface area contributed by atoms with E-state index in [2.05, 4.69) is 48.8 Å². The molecule has 1 amide bonds. The van der Waals surface area contributed by atoms with E-state index in [0.29, 0.717) is 13.0 Å². The van der Waals surface area contributed by atoms with Crippen molar-refractivity contribution >= 4 is 11.6 Å². The molecule has 182 valence electrons. The number of nitrogens with zero attached hydrogens (tertiary/aromatic N) is 4. The van der Waals surface area contributed by atoms with Gasteiger partial charge in [-0.1, -0.05) is 19.1 Å². The third kappa shape index (κ3) is 5.10. The van der Waals surface area contributed by atoms with Crippen LogP contribution in [0.15, 0.2) is 41.5 Å². The molecule has 2 aliphatic heterocycles. The Kier molecular flexibility index (Phi) is 7.54. The average Bonchev–Trinajstić information content (AvgIpc) is 3.31. The van der Waals surface area contributed by atoms with Crippen molar-refractivity contribution < 1.29 is 14.3 Å². The van der Waals surface area contributed by atoms with Crippen molar-refractivity contribution in [3.05, 3.63) is 58.7 Å². The molecule has 0 spiro atoms. The first-order valence-electron chi connectivity index (χ1n) is 12.1. The fourth-order valence-electron chi connectivity index (χ4n) is 4.71. The van der Waals surface area contributed by atoms with Gasteiger partial charge in [0.1, 0.15) is 11.5 Å². The summed E-state index contributed by atoms with van der Waals surface area (Å²) in [6, 6.07) is 11.9. The number of rotatable bonds is 7. The summed E-state index contributed by atoms with van der Waals surface area (Å²) in [5.41, 5.74) is 5.35. The molecule has 0 aliphatic carbocycles. The molecule has 0 aromatic heterocycles. The van der Waals surface area contributed by atoms with E-state index in [0.717, 1.165) is 61.1 Å². The van der Waals surface area contributed by atoms with Gasteiger partial charge in [-0.15, -0.1) is 0 Å². The van der Waals surface area contributed by atoms with E-state index < -0.39 is 0 Å². The zero-order chi connectivity index (χ0) is 24.2. The van der Waals surface area contributed by atoms with Crippen LogP contribution >= 0.6 is 0 Å². The summed E-state index contributed by atoms with van der Waals surface area (Å²) in [5.74, 6) is 1.48. The molecule has 2 aliphatic rings. The maximum atomic E-state index is 13.6. The number of hydrogen-bond donors (Lipinski definition) is 0. The smallest absolute Gasteiger partial charge is 0.257 e. The first kappa shape index (κ1) is 24.2. The monoisotopic (exact) mass is 464 g/mol. The van der Waals surface area contributed by atoms with Gasteiger partial charge in [0.2, 0.25) is 0 Å². The summed E-state index contributed by atoms with van der Waals surface area (Å²) < 4.78 is 11.2. The van der Waals surface area contributed by atoms with Crippen LogP contribution in [0, 0.1) is 13.8 Å². The van der Waals surface area contributed by atoms with Crippen molar-refractivity contribution in [3.63, 3.8) is 0 Å². The van der Waals surface area contributed by atoms with Gasteiger partial charge in [0.25, 0.3) is 5.91 Å². The normalized spacial score (nSPS) is 19.3. The van der Waals surface area contributed by atoms with Gasteiger partial charge < -0.3 is 14.4 Å². The van der Waals surface area contributed by atoms with E-state index in [1.807, 2.05) is 18.2 Å². The van der Waals surface area contributed by atoms with Crippen LogP contribution in [0.5, 0.6) is 11.5 Å². The van der Waals surface area contributed by atoms with Gasteiger partial charge in [0.15, 0.2) is 0 Å². The Hall–Kier alpha value is -2.90. The second kappa shape index (κ2) is 10.6. The summed E-state index contributed by atoms with van der Waals surface area (Å²) in [5, 5.41) is 6.56. The molecule has 1 fully saturated rings. The lowest BCUT2D eigenvalue weighted by Gasteiger charge is -2.34. The van der Waals surface area contributed by atoms with Crippen molar-refractivity contribution in [1.82, 2.24) is 14.8 Å². The number of carbonyl (C=O) groups is 1. The molecular weight excluding hydrogens is 428 g/mol. The largest absolute Gasteiger partial charge is 0.497 e. The van der Waals surface area contributed by atoms with Gasteiger partial charge in [-0.25, -0.2) is 5.01 Å². The number of amides is 1. The van der Waals surface area contributed by atoms with Gasteiger partial charge in [-0.2, -0.15) is 5.10 Å². The van der Waals surface area contributed by atoms with Crippen LogP contribution in [0.2, 0.25) is 0 Å². The minimum atomic E-state index is -0.244. The van der Waals surface area contributed by atoms with E-state index in [4.69, 9.17) is 14.6 Å². The van der Waals surface area contributed by atoms with Crippen molar-refractivity contribution in [2.75, 3.05) is 53.5 Å². The van der Waals surface area contributed by atoms with Crippen LogP contribution in [-0.2, 0) is 4.79 Å². The lowest BCUT2D eigenvalue weighted by Crippen LogP contribution is -2.49. The van der Waals surface area contributed by atoms with Crippen molar-refractivity contribution in [1.29, 1.82) is 0 Å². The molecule has 7 nitrogen and oxygen atoms in total. The highest BCUT2D eigenvalue weighted by Gasteiger charge is 2.36. The topological polar surface area (TPSA) is 57.6 Å². The fourth-order valence-corrected chi connectivity index (χ4v) is 4.71. The van der Waals surface area contributed by atoms with Crippen molar-refractivity contribution in [2.24, 2.45) is 5.10 Å². The van der Waals surface area contributed by atoms with Gasteiger partial charge in [0, 0.05) is 38.2 Å². The van der Waals surface area contributed by atoms with E-state index in [1.165, 1.54) is 11.1 Å². The number of methoxy groups -OCH3 is 2. The quantitative estimate of drug-likeness (QED) is 0.626. The number of hydrazone groups is 1. The van der Waals surface area contributed by atoms with Gasteiger partial charge in [-0.3, -0.25) is 9.69 Å². The standard InChI is InChI=1S/C27H36N4O3/c1-6-29-11-13-30(14-12-29)18-27(32)31-25(23-16-22(33-4)9-10-26(23)34-5)17-24(28-31)21-8-7-19(2)20(3)15-21/h7-10,15-16,25H,6,11-14,17-18H2,1-5H3/t25-/m1/s1. The third-order valence-corrected chi connectivity index (χ3v) is 7.07. The molecular formula is C27H36N4O3. The predicted octanol–water partition coefficient (Wildman–Crippen LogP) is 3.64. The summed E-state index contributed by atoms with van der Waals surface area (Å²) in [6.45, 7) is 11.6. The van der Waals surface area contributed by atoms with Crippen LogP contribution in [0.4, 0.5) is 0 Å². The fraction of sp³-hybridized carbons (Fsp3) is 0.481. The van der Waals surface area contributed by atoms with E-state index in [-0.39, 0.29) is 11.9 Å². The zero-order valence-corrected chi connectivity index (χ0v) is 21.0. The molecule has 1 atom stereocenters. The number of carbonyl (C=O) groups excluding carboxylic acids is 1. The molecule has 4 rings (SSSR count). The molecule has 2 aromatic carbocycles. The molecule has 0 N–H and O–H groups in total. The average molecular weight is 465 g/mol. The number of ether oxygens (including phenoxy) is 2. The Balaban J connectivity index is 1.64. The maximum Gasteiger partial charge on any atom is 0.257 e. The van der Waals surface area contributed by atoms with Crippen molar-refractivity contribution in [3.8, 4) is 11.5 Å². The van der Waals surface area contributed by atoms with E-state index in [9.17, 15) is 4.79 Å². The van der Waals surface area contributed by atoms with Gasteiger partial charge >= 0.3 is 0 Å². The lowest BCUT2D eigenvalue weighted by atomic mass is 9.95. The molecule has 0 saturated carbocycles. The Morgan fingerprint density at radius 1 is 0.971 bits per heavy atom. The Labute approximate surface area is 202 Å². The minimum Gasteiger partial charge on any atom is -0.497 e.